The predicted molar refractivity (Wildman–Crippen MR) is 78.7 cm³/mol. The van der Waals surface area contributed by atoms with Crippen molar-refractivity contribution in [3.8, 4) is 0 Å². The summed E-state index contributed by atoms with van der Waals surface area (Å²) < 4.78 is 10.6. The summed E-state index contributed by atoms with van der Waals surface area (Å²) >= 11 is 0. The average molecular weight is 281 g/mol. The summed E-state index contributed by atoms with van der Waals surface area (Å²) in [4.78, 5) is 12.0. The number of aromatic nitrogens is 1. The second-order valence-electron chi connectivity index (χ2n) is 4.84. The van der Waals surface area contributed by atoms with Gasteiger partial charge in [0.1, 0.15) is 11.8 Å². The molecular weight excluding hydrogens is 266 g/mol. The van der Waals surface area contributed by atoms with Gasteiger partial charge in [-0.3, -0.25) is 4.79 Å². The Morgan fingerprint density at radius 2 is 1.86 bits per heavy atom. The number of carbonyl (C=O) groups excluding carboxylic acids is 1. The van der Waals surface area contributed by atoms with Crippen molar-refractivity contribution in [2.24, 2.45) is 0 Å². The number of nitrogens with zero attached hydrogens (tertiary/aromatic N) is 1. The number of esters is 1. The summed E-state index contributed by atoms with van der Waals surface area (Å²) in [6, 6.07) is 17.1. The zero-order chi connectivity index (χ0) is 14.7. The lowest BCUT2D eigenvalue weighted by Crippen LogP contribution is -2.11. The molecular formula is C17H15NO3. The third kappa shape index (κ3) is 2.94. The molecule has 0 radical (unpaired) electrons. The van der Waals surface area contributed by atoms with E-state index in [4.69, 9.17) is 9.26 Å². The molecule has 0 aliphatic carbocycles. The fraction of sp³-hybridized carbons (Fsp3) is 0.176. The highest BCUT2D eigenvalue weighted by molar-refractivity contribution is 5.84. The van der Waals surface area contributed by atoms with Gasteiger partial charge in [-0.1, -0.05) is 47.6 Å². The third-order valence-corrected chi connectivity index (χ3v) is 3.34. The van der Waals surface area contributed by atoms with Crippen LogP contribution in [0.2, 0.25) is 0 Å². The molecule has 4 nitrogen and oxygen atoms in total. The fourth-order valence-electron chi connectivity index (χ4n) is 2.23. The van der Waals surface area contributed by atoms with Crippen LogP contribution < -0.4 is 0 Å². The van der Waals surface area contributed by atoms with Crippen molar-refractivity contribution in [2.45, 2.75) is 19.4 Å². The summed E-state index contributed by atoms with van der Waals surface area (Å²) in [5.74, 6) is -0.314. The quantitative estimate of drug-likeness (QED) is 0.685. The Bertz CT molecular complexity index is 749. The second-order valence-corrected chi connectivity index (χ2v) is 4.84. The third-order valence-electron chi connectivity index (χ3n) is 3.34. The van der Waals surface area contributed by atoms with E-state index in [0.717, 1.165) is 10.9 Å². The monoisotopic (exact) mass is 281 g/mol. The minimum atomic E-state index is -0.314. The number of para-hydroxylation sites is 1. The van der Waals surface area contributed by atoms with Crippen LogP contribution in [0.1, 0.15) is 24.3 Å². The van der Waals surface area contributed by atoms with E-state index in [1.165, 1.54) is 0 Å². The lowest BCUT2D eigenvalue weighted by atomic mass is 10.1. The molecule has 0 N–H and O–H groups in total. The Morgan fingerprint density at radius 1 is 1.14 bits per heavy atom. The molecule has 3 rings (SSSR count). The van der Waals surface area contributed by atoms with E-state index in [1.807, 2.05) is 61.5 Å². The van der Waals surface area contributed by atoms with E-state index in [1.54, 1.807) is 0 Å². The number of fused-ring (bicyclic) bond motifs is 1. The van der Waals surface area contributed by atoms with Gasteiger partial charge in [0.25, 0.3) is 0 Å². The molecule has 1 heterocycles. The van der Waals surface area contributed by atoms with Crippen LogP contribution in [0.25, 0.3) is 11.0 Å². The number of hydrogen-bond acceptors (Lipinski definition) is 4. The normalized spacial score (nSPS) is 12.2. The molecule has 0 spiro atoms. The van der Waals surface area contributed by atoms with Gasteiger partial charge in [-0.2, -0.15) is 0 Å². The first kappa shape index (κ1) is 13.4. The molecule has 0 aliphatic heterocycles. The minimum absolute atomic E-state index is 0.105. The molecule has 0 saturated heterocycles. The van der Waals surface area contributed by atoms with Gasteiger partial charge in [-0.05, 0) is 24.6 Å². The van der Waals surface area contributed by atoms with Crippen LogP contribution in [-0.4, -0.2) is 11.1 Å². The molecule has 3 aromatic rings. The van der Waals surface area contributed by atoms with E-state index in [-0.39, 0.29) is 18.5 Å². The summed E-state index contributed by atoms with van der Waals surface area (Å²) in [6.45, 7) is 1.86. The number of hydrogen-bond donors (Lipinski definition) is 0. The van der Waals surface area contributed by atoms with Gasteiger partial charge >= 0.3 is 5.97 Å². The highest BCUT2D eigenvalue weighted by Gasteiger charge is 2.16. The average Bonchev–Trinajstić information content (AvgIpc) is 2.91. The lowest BCUT2D eigenvalue weighted by Gasteiger charge is -2.12. The van der Waals surface area contributed by atoms with Gasteiger partial charge in [-0.15, -0.1) is 0 Å². The second kappa shape index (κ2) is 5.79. The molecule has 0 saturated carbocycles. The van der Waals surface area contributed by atoms with Gasteiger partial charge in [0, 0.05) is 5.39 Å². The van der Waals surface area contributed by atoms with Crippen LogP contribution in [0.15, 0.2) is 59.1 Å². The Kier molecular flexibility index (Phi) is 3.69. The standard InChI is InChI=1S/C17H15NO3/c1-12(13-7-3-2-4-8-13)20-17(19)11-15-14-9-5-6-10-16(14)21-18-15/h2-10,12H,11H2,1H3/t12-/m1/s1. The van der Waals surface area contributed by atoms with E-state index >= 15 is 0 Å². The van der Waals surface area contributed by atoms with Crippen molar-refractivity contribution >= 4 is 16.9 Å². The molecule has 1 aromatic heterocycles. The minimum Gasteiger partial charge on any atom is -0.457 e. The topological polar surface area (TPSA) is 52.3 Å². The Morgan fingerprint density at radius 3 is 2.67 bits per heavy atom. The van der Waals surface area contributed by atoms with Crippen LogP contribution in [0.3, 0.4) is 0 Å². The molecule has 2 aromatic carbocycles. The lowest BCUT2D eigenvalue weighted by molar-refractivity contribution is -0.147. The molecule has 0 fully saturated rings. The van der Waals surface area contributed by atoms with Gasteiger partial charge in [0.05, 0.1) is 6.42 Å². The van der Waals surface area contributed by atoms with Crippen molar-refractivity contribution in [1.82, 2.24) is 5.16 Å². The number of ether oxygens (including phenoxy) is 1. The van der Waals surface area contributed by atoms with Crippen LogP contribution in [0.4, 0.5) is 0 Å². The van der Waals surface area contributed by atoms with Crippen molar-refractivity contribution in [1.29, 1.82) is 0 Å². The summed E-state index contributed by atoms with van der Waals surface area (Å²) in [6.07, 6.45) is -0.175. The van der Waals surface area contributed by atoms with Crippen LogP contribution in [0, 0.1) is 0 Å². The van der Waals surface area contributed by atoms with Crippen molar-refractivity contribution in [3.05, 3.63) is 65.9 Å². The first-order valence-electron chi connectivity index (χ1n) is 6.82. The number of rotatable bonds is 4. The summed E-state index contributed by atoms with van der Waals surface area (Å²) in [5, 5.41) is 4.79. The first-order chi connectivity index (χ1) is 10.2. The Hall–Kier alpha value is -2.62. The molecule has 106 valence electrons. The van der Waals surface area contributed by atoms with Crippen molar-refractivity contribution in [3.63, 3.8) is 0 Å². The van der Waals surface area contributed by atoms with E-state index in [9.17, 15) is 4.79 Å². The van der Waals surface area contributed by atoms with E-state index in [0.29, 0.717) is 11.3 Å². The van der Waals surface area contributed by atoms with Crippen LogP contribution in [-0.2, 0) is 16.0 Å². The first-order valence-corrected chi connectivity index (χ1v) is 6.82. The Labute approximate surface area is 122 Å². The fourth-order valence-corrected chi connectivity index (χ4v) is 2.23. The smallest absolute Gasteiger partial charge is 0.312 e. The van der Waals surface area contributed by atoms with Crippen molar-refractivity contribution < 1.29 is 14.1 Å². The van der Waals surface area contributed by atoms with Crippen molar-refractivity contribution in [2.75, 3.05) is 0 Å². The predicted octanol–water partition coefficient (Wildman–Crippen LogP) is 3.67. The van der Waals surface area contributed by atoms with Crippen LogP contribution in [0.5, 0.6) is 0 Å². The molecule has 0 amide bonds. The van der Waals surface area contributed by atoms with E-state index in [2.05, 4.69) is 5.16 Å². The number of carbonyl (C=O) groups is 1. The molecule has 0 bridgehead atoms. The summed E-state index contributed by atoms with van der Waals surface area (Å²) in [5.41, 5.74) is 2.25. The molecule has 0 aliphatic rings. The SMILES string of the molecule is C[C@@H](OC(=O)Cc1noc2ccccc12)c1ccccc1. The maximum atomic E-state index is 12.0. The molecule has 0 unspecified atom stereocenters. The molecule has 4 heteroatoms. The largest absolute Gasteiger partial charge is 0.457 e. The zero-order valence-corrected chi connectivity index (χ0v) is 11.7. The molecule has 21 heavy (non-hydrogen) atoms. The molecule has 1 atom stereocenters. The maximum Gasteiger partial charge on any atom is 0.312 e. The van der Waals surface area contributed by atoms with Crippen LogP contribution >= 0.6 is 0 Å². The van der Waals surface area contributed by atoms with E-state index < -0.39 is 0 Å². The Balaban J connectivity index is 1.69. The van der Waals surface area contributed by atoms with Gasteiger partial charge < -0.3 is 9.26 Å². The highest BCUT2D eigenvalue weighted by atomic mass is 16.5. The summed E-state index contributed by atoms with van der Waals surface area (Å²) in [7, 11) is 0. The van der Waals surface area contributed by atoms with Gasteiger partial charge in [0.15, 0.2) is 5.58 Å². The van der Waals surface area contributed by atoms with Gasteiger partial charge in [0.2, 0.25) is 0 Å². The number of benzene rings is 2. The highest BCUT2D eigenvalue weighted by Crippen LogP contribution is 2.20. The maximum absolute atomic E-state index is 12.0. The zero-order valence-electron chi connectivity index (χ0n) is 11.7. The van der Waals surface area contributed by atoms with Gasteiger partial charge in [-0.25, -0.2) is 0 Å².